The molecule has 0 saturated carbocycles. The second-order valence-corrected chi connectivity index (χ2v) is 11.3. The Balaban J connectivity index is 1.67. The summed E-state index contributed by atoms with van der Waals surface area (Å²) in [4.78, 5) is 14.3. The van der Waals surface area contributed by atoms with Gasteiger partial charge in [-0.3, -0.25) is 0 Å². The van der Waals surface area contributed by atoms with Gasteiger partial charge in [-0.1, -0.05) is 52.0 Å². The van der Waals surface area contributed by atoms with Gasteiger partial charge in [0.05, 0.1) is 11.2 Å². The molecule has 37 heavy (non-hydrogen) atoms. The van der Waals surface area contributed by atoms with Gasteiger partial charge in [0, 0.05) is 32.8 Å². The number of nitrogens with zero attached hydrogens (tertiary/aromatic N) is 3. The monoisotopic (exact) mass is 487 g/mol. The molecule has 0 aliphatic heterocycles. The molecule has 4 heteroatoms. The van der Waals surface area contributed by atoms with Crippen LogP contribution in [0.2, 0.25) is 0 Å². The molecule has 0 bridgehead atoms. The molecule has 6 aromatic rings. The first-order chi connectivity index (χ1) is 17.8. The summed E-state index contributed by atoms with van der Waals surface area (Å²) in [6.45, 7) is 13.4. The molecule has 0 atom stereocenters. The van der Waals surface area contributed by atoms with Gasteiger partial charge in [-0.2, -0.15) is 0 Å². The largest absolute Gasteiger partial charge is 0.437 e. The van der Waals surface area contributed by atoms with Crippen LogP contribution in [-0.2, 0) is 12.8 Å². The first kappa shape index (κ1) is 23.6. The van der Waals surface area contributed by atoms with E-state index in [0.717, 1.165) is 57.1 Å². The summed E-state index contributed by atoms with van der Waals surface area (Å²) in [6.07, 6.45) is 3.80. The zero-order valence-corrected chi connectivity index (χ0v) is 22.5. The Kier molecular flexibility index (Phi) is 5.71. The third kappa shape index (κ3) is 4.05. The normalized spacial score (nSPS) is 12.2. The molecular weight excluding hydrogens is 454 g/mol. The summed E-state index contributed by atoms with van der Waals surface area (Å²) in [7, 11) is 0. The predicted octanol–water partition coefficient (Wildman–Crippen LogP) is 8.76. The maximum absolute atomic E-state index is 6.34. The standard InChI is InChI=1S/C33H33N3O/c1-18(2)12-22-15-23(13-19(3)4)29-27(16-22)20(5)14-28-30(34-17-35-31(28)29)26-9-7-8-24-25-11-10-21(6)36-33(25)37-32(24)26/h7-11,14-19H,12-13H2,1-6H3. The number of hydrogen-bond acceptors (Lipinski definition) is 4. The Hall–Kier alpha value is -3.79. The molecule has 0 aliphatic carbocycles. The highest BCUT2D eigenvalue weighted by Gasteiger charge is 2.19. The van der Waals surface area contributed by atoms with E-state index in [0.29, 0.717) is 17.5 Å². The maximum atomic E-state index is 6.34. The number of aryl methyl sites for hydroxylation is 2. The van der Waals surface area contributed by atoms with Crippen molar-refractivity contribution in [1.29, 1.82) is 0 Å². The van der Waals surface area contributed by atoms with Gasteiger partial charge in [-0.25, -0.2) is 15.0 Å². The van der Waals surface area contributed by atoms with Crippen LogP contribution in [0.4, 0.5) is 0 Å². The number of aromatic nitrogens is 3. The van der Waals surface area contributed by atoms with Crippen LogP contribution < -0.4 is 0 Å². The fraction of sp³-hybridized carbons (Fsp3) is 0.303. The molecular formula is C33H33N3O. The summed E-state index contributed by atoms with van der Waals surface area (Å²) in [6, 6.07) is 17.5. The Bertz CT molecular complexity index is 1810. The van der Waals surface area contributed by atoms with Crippen molar-refractivity contribution in [2.75, 3.05) is 0 Å². The Morgan fingerprint density at radius 3 is 2.38 bits per heavy atom. The zero-order chi connectivity index (χ0) is 25.8. The quantitative estimate of drug-likeness (QED) is 0.228. The van der Waals surface area contributed by atoms with Gasteiger partial charge in [0.25, 0.3) is 0 Å². The van der Waals surface area contributed by atoms with E-state index in [1.165, 1.54) is 27.5 Å². The second-order valence-electron chi connectivity index (χ2n) is 11.3. The topological polar surface area (TPSA) is 51.8 Å². The summed E-state index contributed by atoms with van der Waals surface area (Å²) < 4.78 is 6.34. The summed E-state index contributed by atoms with van der Waals surface area (Å²) in [5.41, 5.74) is 9.36. The van der Waals surface area contributed by atoms with Crippen molar-refractivity contribution in [3.63, 3.8) is 0 Å². The third-order valence-corrected chi connectivity index (χ3v) is 7.22. The van der Waals surface area contributed by atoms with Gasteiger partial charge in [-0.05, 0) is 84.9 Å². The van der Waals surface area contributed by atoms with Crippen molar-refractivity contribution >= 4 is 43.7 Å². The first-order valence-electron chi connectivity index (χ1n) is 13.3. The molecule has 0 aliphatic rings. The molecule has 0 saturated heterocycles. The summed E-state index contributed by atoms with van der Waals surface area (Å²) in [5.74, 6) is 1.16. The van der Waals surface area contributed by atoms with Gasteiger partial charge in [0.1, 0.15) is 11.9 Å². The van der Waals surface area contributed by atoms with Crippen LogP contribution in [-0.4, -0.2) is 15.0 Å². The van der Waals surface area contributed by atoms with Crippen LogP contribution in [0.3, 0.4) is 0 Å². The van der Waals surface area contributed by atoms with Crippen LogP contribution in [0.15, 0.2) is 59.3 Å². The van der Waals surface area contributed by atoms with Crippen LogP contribution >= 0.6 is 0 Å². The molecule has 0 N–H and O–H groups in total. The number of fused-ring (bicyclic) bond motifs is 6. The fourth-order valence-electron chi connectivity index (χ4n) is 5.75. The second kappa shape index (κ2) is 8.95. The average Bonchev–Trinajstić information content (AvgIpc) is 3.21. The smallest absolute Gasteiger partial charge is 0.227 e. The number of hydrogen-bond donors (Lipinski definition) is 0. The van der Waals surface area contributed by atoms with E-state index in [-0.39, 0.29) is 0 Å². The number of para-hydroxylation sites is 1. The molecule has 0 spiro atoms. The van der Waals surface area contributed by atoms with Crippen molar-refractivity contribution in [3.05, 3.63) is 77.2 Å². The molecule has 3 heterocycles. The lowest BCUT2D eigenvalue weighted by molar-refractivity contribution is 0.638. The molecule has 186 valence electrons. The number of benzene rings is 3. The lowest BCUT2D eigenvalue weighted by atomic mass is 9.88. The first-order valence-corrected chi connectivity index (χ1v) is 13.3. The SMILES string of the molecule is Cc1ccc2c(n1)oc1c(-c3ncnc4c3cc(C)c3cc(CC(C)C)cc(CC(C)C)c34)cccc12. The number of pyridine rings is 1. The van der Waals surface area contributed by atoms with Crippen LogP contribution in [0, 0.1) is 25.7 Å². The third-order valence-electron chi connectivity index (χ3n) is 7.22. The summed E-state index contributed by atoms with van der Waals surface area (Å²) in [5, 5.41) is 5.70. The van der Waals surface area contributed by atoms with E-state index in [2.05, 4.69) is 82.1 Å². The highest BCUT2D eigenvalue weighted by Crippen LogP contribution is 2.40. The van der Waals surface area contributed by atoms with Crippen molar-refractivity contribution in [3.8, 4) is 11.3 Å². The lowest BCUT2D eigenvalue weighted by Crippen LogP contribution is -2.02. The molecule has 3 aromatic carbocycles. The van der Waals surface area contributed by atoms with E-state index in [4.69, 9.17) is 14.4 Å². The van der Waals surface area contributed by atoms with Gasteiger partial charge in [0.15, 0.2) is 0 Å². The number of rotatable bonds is 5. The molecule has 4 nitrogen and oxygen atoms in total. The molecule has 0 fully saturated rings. The minimum absolute atomic E-state index is 0.551. The Morgan fingerprint density at radius 2 is 1.59 bits per heavy atom. The van der Waals surface area contributed by atoms with E-state index in [1.807, 2.05) is 13.0 Å². The van der Waals surface area contributed by atoms with E-state index < -0.39 is 0 Å². The van der Waals surface area contributed by atoms with Crippen molar-refractivity contribution in [2.45, 2.75) is 54.4 Å². The Morgan fingerprint density at radius 1 is 0.784 bits per heavy atom. The van der Waals surface area contributed by atoms with E-state index >= 15 is 0 Å². The lowest BCUT2D eigenvalue weighted by Gasteiger charge is -2.17. The van der Waals surface area contributed by atoms with Crippen molar-refractivity contribution in [2.24, 2.45) is 11.8 Å². The van der Waals surface area contributed by atoms with E-state index in [9.17, 15) is 0 Å². The fourth-order valence-corrected chi connectivity index (χ4v) is 5.75. The van der Waals surface area contributed by atoms with Crippen LogP contribution in [0.1, 0.15) is 50.1 Å². The molecule has 0 unspecified atom stereocenters. The van der Waals surface area contributed by atoms with Crippen LogP contribution in [0.25, 0.3) is 55.0 Å². The highest BCUT2D eigenvalue weighted by atomic mass is 16.3. The molecule has 6 rings (SSSR count). The van der Waals surface area contributed by atoms with Crippen molar-refractivity contribution < 1.29 is 4.42 Å². The summed E-state index contributed by atoms with van der Waals surface area (Å²) >= 11 is 0. The van der Waals surface area contributed by atoms with Crippen molar-refractivity contribution in [1.82, 2.24) is 15.0 Å². The van der Waals surface area contributed by atoms with Gasteiger partial charge in [0.2, 0.25) is 5.71 Å². The molecule has 0 amide bonds. The minimum atomic E-state index is 0.551. The van der Waals surface area contributed by atoms with Crippen LogP contribution in [0.5, 0.6) is 0 Å². The molecule has 0 radical (unpaired) electrons. The maximum Gasteiger partial charge on any atom is 0.227 e. The number of furan rings is 1. The van der Waals surface area contributed by atoms with E-state index in [1.54, 1.807) is 6.33 Å². The highest BCUT2D eigenvalue weighted by molar-refractivity contribution is 6.15. The van der Waals surface area contributed by atoms with Gasteiger partial charge >= 0.3 is 0 Å². The minimum Gasteiger partial charge on any atom is -0.437 e. The predicted molar refractivity (Wildman–Crippen MR) is 154 cm³/mol. The van der Waals surface area contributed by atoms with Gasteiger partial charge < -0.3 is 4.42 Å². The Labute approximate surface area is 217 Å². The average molecular weight is 488 g/mol. The van der Waals surface area contributed by atoms with Gasteiger partial charge in [-0.15, -0.1) is 0 Å². The molecule has 3 aromatic heterocycles. The zero-order valence-electron chi connectivity index (χ0n) is 22.5.